The van der Waals surface area contributed by atoms with E-state index in [2.05, 4.69) is 5.32 Å². The molecule has 7 heteroatoms. The van der Waals surface area contributed by atoms with Gasteiger partial charge in [-0.2, -0.15) is 0 Å². The molecule has 2 aromatic carbocycles. The van der Waals surface area contributed by atoms with Gasteiger partial charge in [-0.05, 0) is 44.0 Å². The fourth-order valence-corrected chi connectivity index (χ4v) is 4.75. The van der Waals surface area contributed by atoms with Gasteiger partial charge in [0.1, 0.15) is 5.75 Å². The van der Waals surface area contributed by atoms with Crippen LogP contribution in [0.5, 0.6) is 5.75 Å². The molecule has 0 radical (unpaired) electrons. The molecule has 1 aliphatic carbocycles. The van der Waals surface area contributed by atoms with Crippen molar-refractivity contribution in [2.24, 2.45) is 0 Å². The van der Waals surface area contributed by atoms with Crippen LogP contribution < -0.4 is 15.6 Å². The van der Waals surface area contributed by atoms with Gasteiger partial charge in [-0.15, -0.1) is 0 Å². The molecule has 6 nitrogen and oxygen atoms in total. The Kier molecular flexibility index (Phi) is 6.08. The Bertz CT molecular complexity index is 1120. The number of hydrogen-bond acceptors (Lipinski definition) is 5. The highest BCUT2D eigenvalue weighted by Gasteiger charge is 2.24. The maximum Gasteiger partial charge on any atom is 0.266 e. The number of nitrogens with one attached hydrogen (secondary N) is 1. The maximum absolute atomic E-state index is 13.4. The van der Waals surface area contributed by atoms with Gasteiger partial charge in [0.05, 0.1) is 29.0 Å². The van der Waals surface area contributed by atoms with Crippen molar-refractivity contribution in [2.45, 2.75) is 49.1 Å². The highest BCUT2D eigenvalue weighted by molar-refractivity contribution is 8.00. The van der Waals surface area contributed by atoms with E-state index in [0.717, 1.165) is 25.7 Å². The van der Waals surface area contributed by atoms with Gasteiger partial charge in [0, 0.05) is 6.04 Å². The Morgan fingerprint density at radius 1 is 1.17 bits per heavy atom. The number of carbonyl (C=O) groups excluding carboxylic acids is 1. The van der Waals surface area contributed by atoms with Crippen LogP contribution in [0.3, 0.4) is 0 Å². The molecular formula is C23H25N3O3S. The van der Waals surface area contributed by atoms with E-state index in [1.54, 1.807) is 17.7 Å². The maximum atomic E-state index is 13.4. The fourth-order valence-electron chi connectivity index (χ4n) is 3.82. The summed E-state index contributed by atoms with van der Waals surface area (Å²) in [4.78, 5) is 30.9. The molecule has 1 saturated carbocycles. The second-order valence-electron chi connectivity index (χ2n) is 7.47. The van der Waals surface area contributed by atoms with Gasteiger partial charge in [-0.3, -0.25) is 14.2 Å². The van der Waals surface area contributed by atoms with Crippen molar-refractivity contribution in [1.29, 1.82) is 0 Å². The number of benzene rings is 2. The molecule has 0 unspecified atom stereocenters. The Balaban J connectivity index is 1.76. The van der Waals surface area contributed by atoms with Gasteiger partial charge in [0.25, 0.3) is 5.56 Å². The van der Waals surface area contributed by atoms with E-state index in [0.29, 0.717) is 27.5 Å². The average molecular weight is 424 g/mol. The van der Waals surface area contributed by atoms with E-state index < -0.39 is 0 Å². The first-order valence-electron chi connectivity index (χ1n) is 10.2. The monoisotopic (exact) mass is 423 g/mol. The molecule has 1 N–H and O–H groups in total. The van der Waals surface area contributed by atoms with E-state index in [9.17, 15) is 9.59 Å². The van der Waals surface area contributed by atoms with Crippen LogP contribution in [0.1, 0.15) is 32.6 Å². The molecule has 1 aliphatic rings. The molecular weight excluding hydrogens is 398 g/mol. The van der Waals surface area contributed by atoms with Crippen LogP contribution in [0, 0.1) is 0 Å². The minimum atomic E-state index is -0.389. The second kappa shape index (κ2) is 8.92. The molecule has 0 bridgehead atoms. The normalized spacial score (nSPS) is 15.3. The summed E-state index contributed by atoms with van der Waals surface area (Å²) >= 11 is 1.29. The molecule has 1 heterocycles. The lowest BCUT2D eigenvalue weighted by Gasteiger charge is -2.19. The van der Waals surface area contributed by atoms with Crippen LogP contribution in [0.15, 0.2) is 58.5 Å². The number of amides is 1. The van der Waals surface area contributed by atoms with Gasteiger partial charge in [0.15, 0.2) is 5.16 Å². The summed E-state index contributed by atoms with van der Waals surface area (Å²) in [5, 5.41) is 3.74. The van der Waals surface area contributed by atoms with E-state index in [4.69, 9.17) is 9.72 Å². The summed E-state index contributed by atoms with van der Waals surface area (Å²) in [7, 11) is 1.57. The number of carbonyl (C=O) groups is 1. The lowest BCUT2D eigenvalue weighted by atomic mass is 10.2. The minimum absolute atomic E-state index is 0.0270. The molecule has 0 aliphatic heterocycles. The largest absolute Gasteiger partial charge is 0.495 e. The van der Waals surface area contributed by atoms with Gasteiger partial charge in [-0.25, -0.2) is 4.98 Å². The Hall–Kier alpha value is -2.80. The predicted octanol–water partition coefficient (Wildman–Crippen LogP) is 3.93. The topological polar surface area (TPSA) is 73.2 Å². The SMILES string of the molecule is COc1ccccc1-n1c(S[C@@H](C)C(=O)NC2CCCC2)nc2ccccc2c1=O. The lowest BCUT2D eigenvalue weighted by molar-refractivity contribution is -0.120. The number of thioether (sulfide) groups is 1. The van der Waals surface area contributed by atoms with Crippen molar-refractivity contribution >= 4 is 28.6 Å². The number of methoxy groups -OCH3 is 1. The van der Waals surface area contributed by atoms with Gasteiger partial charge in [0.2, 0.25) is 5.91 Å². The van der Waals surface area contributed by atoms with E-state index in [-0.39, 0.29) is 22.8 Å². The summed E-state index contributed by atoms with van der Waals surface area (Å²) in [5.41, 5.74) is 1.03. The van der Waals surface area contributed by atoms with E-state index in [1.807, 2.05) is 49.4 Å². The number of fused-ring (bicyclic) bond motifs is 1. The number of nitrogens with zero attached hydrogens (tertiary/aromatic N) is 2. The predicted molar refractivity (Wildman–Crippen MR) is 120 cm³/mol. The molecule has 156 valence electrons. The standard InChI is InChI=1S/C23H25N3O3S/c1-15(21(27)24-16-9-3-4-10-16)30-23-25-18-12-6-5-11-17(18)22(28)26(23)19-13-7-8-14-20(19)29-2/h5-8,11-16H,3-4,9-10H2,1-2H3,(H,24,27)/t15-/m0/s1. The first-order valence-corrected chi connectivity index (χ1v) is 11.1. The van der Waals surface area contributed by atoms with E-state index >= 15 is 0 Å². The van der Waals surface area contributed by atoms with E-state index in [1.165, 1.54) is 11.8 Å². The molecule has 30 heavy (non-hydrogen) atoms. The van der Waals surface area contributed by atoms with Crippen molar-refractivity contribution in [3.8, 4) is 11.4 Å². The zero-order valence-corrected chi connectivity index (χ0v) is 17.9. The zero-order valence-electron chi connectivity index (χ0n) is 17.1. The van der Waals surface area contributed by atoms with Crippen molar-refractivity contribution in [2.75, 3.05) is 7.11 Å². The van der Waals surface area contributed by atoms with Crippen LogP contribution in [-0.2, 0) is 4.79 Å². The third kappa shape index (κ3) is 4.07. The van der Waals surface area contributed by atoms with Gasteiger partial charge >= 0.3 is 0 Å². The smallest absolute Gasteiger partial charge is 0.266 e. The Morgan fingerprint density at radius 3 is 2.63 bits per heavy atom. The van der Waals surface area contributed by atoms with Crippen molar-refractivity contribution in [3.63, 3.8) is 0 Å². The molecule has 1 aromatic heterocycles. The van der Waals surface area contributed by atoms with Crippen molar-refractivity contribution in [1.82, 2.24) is 14.9 Å². The average Bonchev–Trinajstić information content (AvgIpc) is 3.27. The lowest BCUT2D eigenvalue weighted by Crippen LogP contribution is -2.38. The quantitative estimate of drug-likeness (QED) is 0.480. The van der Waals surface area contributed by atoms with Crippen molar-refractivity contribution in [3.05, 3.63) is 58.9 Å². The summed E-state index contributed by atoms with van der Waals surface area (Å²) in [6.45, 7) is 1.85. The number of ether oxygens (including phenoxy) is 1. The summed E-state index contributed by atoms with van der Waals surface area (Å²) in [6.07, 6.45) is 4.38. The minimum Gasteiger partial charge on any atom is -0.495 e. The highest BCUT2D eigenvalue weighted by atomic mass is 32.2. The summed E-state index contributed by atoms with van der Waals surface area (Å²) in [6, 6.07) is 14.8. The van der Waals surface area contributed by atoms with Crippen molar-refractivity contribution < 1.29 is 9.53 Å². The fraction of sp³-hybridized carbons (Fsp3) is 0.348. The summed E-state index contributed by atoms with van der Waals surface area (Å²) in [5.74, 6) is 0.544. The molecule has 1 fully saturated rings. The molecule has 0 spiro atoms. The molecule has 3 aromatic rings. The Labute approximate surface area is 179 Å². The van der Waals surface area contributed by atoms with Crippen LogP contribution >= 0.6 is 11.8 Å². The Morgan fingerprint density at radius 2 is 1.87 bits per heavy atom. The number of hydrogen-bond donors (Lipinski definition) is 1. The molecule has 1 amide bonds. The zero-order chi connectivity index (χ0) is 21.1. The third-order valence-electron chi connectivity index (χ3n) is 5.42. The van der Waals surface area contributed by atoms with Crippen LogP contribution in [0.2, 0.25) is 0 Å². The number of para-hydroxylation sites is 3. The van der Waals surface area contributed by atoms with Gasteiger partial charge in [-0.1, -0.05) is 48.9 Å². The van der Waals surface area contributed by atoms with Crippen LogP contribution in [-0.4, -0.2) is 33.9 Å². The first-order chi connectivity index (χ1) is 14.6. The molecule has 0 saturated heterocycles. The third-order valence-corrected chi connectivity index (χ3v) is 6.48. The summed E-state index contributed by atoms with van der Waals surface area (Å²) < 4.78 is 7.03. The van der Waals surface area contributed by atoms with Crippen LogP contribution in [0.25, 0.3) is 16.6 Å². The number of aromatic nitrogens is 2. The second-order valence-corrected chi connectivity index (χ2v) is 8.78. The van der Waals surface area contributed by atoms with Crippen LogP contribution in [0.4, 0.5) is 0 Å². The number of rotatable bonds is 6. The highest BCUT2D eigenvalue weighted by Crippen LogP contribution is 2.29. The first kappa shape index (κ1) is 20.5. The molecule has 1 atom stereocenters. The molecule has 4 rings (SSSR count). The van der Waals surface area contributed by atoms with Gasteiger partial charge < -0.3 is 10.1 Å².